The molecular formula is C20H20N2O3. The second kappa shape index (κ2) is 5.84. The van der Waals surface area contributed by atoms with Crippen molar-refractivity contribution >= 4 is 29.1 Å². The van der Waals surface area contributed by atoms with Crippen molar-refractivity contribution in [2.24, 2.45) is 5.41 Å². The molecule has 0 aliphatic carbocycles. The van der Waals surface area contributed by atoms with Gasteiger partial charge in [0.15, 0.2) is 0 Å². The minimum atomic E-state index is -0.544. The molecule has 0 atom stereocenters. The smallest absolute Gasteiger partial charge is 0.266 e. The summed E-state index contributed by atoms with van der Waals surface area (Å²) >= 11 is 0. The van der Waals surface area contributed by atoms with Gasteiger partial charge < -0.3 is 5.32 Å². The largest absolute Gasteiger partial charge is 0.325 e. The molecule has 0 unspecified atom stereocenters. The molecule has 0 bridgehead atoms. The van der Waals surface area contributed by atoms with Crippen LogP contribution in [0.2, 0.25) is 0 Å². The third-order valence-electron chi connectivity index (χ3n) is 4.20. The molecule has 1 heterocycles. The average Bonchev–Trinajstić information content (AvgIpc) is 2.81. The molecule has 5 heteroatoms. The molecule has 128 valence electrons. The van der Waals surface area contributed by atoms with E-state index in [1.807, 2.05) is 27.7 Å². The van der Waals surface area contributed by atoms with Gasteiger partial charge in [0.25, 0.3) is 11.8 Å². The lowest BCUT2D eigenvalue weighted by molar-refractivity contribution is -0.123. The summed E-state index contributed by atoms with van der Waals surface area (Å²) in [6, 6.07) is 11.9. The first kappa shape index (κ1) is 16.9. The lowest BCUT2D eigenvalue weighted by Gasteiger charge is -2.20. The van der Waals surface area contributed by atoms with Gasteiger partial charge in [-0.2, -0.15) is 0 Å². The number of fused-ring (bicyclic) bond motifs is 1. The Balaban J connectivity index is 1.98. The highest BCUT2D eigenvalue weighted by Crippen LogP contribution is 2.31. The highest BCUT2D eigenvalue weighted by Gasteiger charge is 2.36. The maximum atomic E-state index is 12.6. The van der Waals surface area contributed by atoms with Crippen LogP contribution in [0.3, 0.4) is 0 Å². The third-order valence-corrected chi connectivity index (χ3v) is 4.20. The number of benzene rings is 2. The molecule has 25 heavy (non-hydrogen) atoms. The summed E-state index contributed by atoms with van der Waals surface area (Å²) in [4.78, 5) is 38.6. The van der Waals surface area contributed by atoms with Crippen LogP contribution >= 0.6 is 0 Å². The summed E-state index contributed by atoms with van der Waals surface area (Å²) in [5.41, 5.74) is 2.15. The topological polar surface area (TPSA) is 66.5 Å². The van der Waals surface area contributed by atoms with E-state index in [0.29, 0.717) is 22.5 Å². The lowest BCUT2D eigenvalue weighted by atomic mass is 9.95. The van der Waals surface area contributed by atoms with Gasteiger partial charge in [-0.05, 0) is 36.8 Å². The molecule has 0 fully saturated rings. The van der Waals surface area contributed by atoms with E-state index in [4.69, 9.17) is 0 Å². The fourth-order valence-electron chi connectivity index (χ4n) is 2.62. The van der Waals surface area contributed by atoms with E-state index >= 15 is 0 Å². The molecule has 0 spiro atoms. The molecule has 0 radical (unpaired) electrons. The molecule has 1 N–H and O–H groups in total. The number of amides is 3. The molecule has 3 amide bonds. The average molecular weight is 336 g/mol. The molecule has 1 aliphatic rings. The van der Waals surface area contributed by atoms with Crippen molar-refractivity contribution in [1.29, 1.82) is 0 Å². The van der Waals surface area contributed by atoms with Crippen LogP contribution in [-0.2, 0) is 4.79 Å². The van der Waals surface area contributed by atoms with Gasteiger partial charge >= 0.3 is 0 Å². The van der Waals surface area contributed by atoms with Crippen molar-refractivity contribution in [3.8, 4) is 0 Å². The predicted molar refractivity (Wildman–Crippen MR) is 96.8 cm³/mol. The molecule has 2 aromatic rings. The van der Waals surface area contributed by atoms with Gasteiger partial charge in [0, 0.05) is 11.1 Å². The van der Waals surface area contributed by atoms with E-state index in [1.165, 1.54) is 0 Å². The predicted octanol–water partition coefficient (Wildman–Crippen LogP) is 3.78. The summed E-state index contributed by atoms with van der Waals surface area (Å²) in [5.74, 6) is -0.829. The zero-order chi connectivity index (χ0) is 18.4. The van der Waals surface area contributed by atoms with Gasteiger partial charge in [0.1, 0.15) is 0 Å². The number of hydrogen-bond donors (Lipinski definition) is 1. The van der Waals surface area contributed by atoms with E-state index in [9.17, 15) is 14.4 Å². The maximum Gasteiger partial charge on any atom is 0.266 e. The highest BCUT2D eigenvalue weighted by molar-refractivity contribution is 6.34. The van der Waals surface area contributed by atoms with Crippen LogP contribution in [0, 0.1) is 12.3 Å². The Kier molecular flexibility index (Phi) is 3.95. The van der Waals surface area contributed by atoms with Gasteiger partial charge in [-0.1, -0.05) is 39.0 Å². The number of rotatable bonds is 2. The van der Waals surface area contributed by atoms with Crippen LogP contribution in [-0.4, -0.2) is 17.7 Å². The number of imide groups is 1. The molecular weight excluding hydrogens is 316 g/mol. The first-order valence-corrected chi connectivity index (χ1v) is 8.10. The van der Waals surface area contributed by atoms with Crippen LogP contribution in [0.1, 0.15) is 47.1 Å². The standard InChI is InChI=1S/C20H20N2O3/c1-12-9-10-13(11-16(12)21-19(25)20(2,3)4)22-17(23)14-7-5-6-8-15(14)18(22)24/h5-11H,1-4H3,(H,21,25). The Bertz CT molecular complexity index is 859. The summed E-state index contributed by atoms with van der Waals surface area (Å²) < 4.78 is 0. The number of nitrogens with zero attached hydrogens (tertiary/aromatic N) is 1. The Labute approximate surface area is 146 Å². The van der Waals surface area contributed by atoms with Crippen molar-refractivity contribution < 1.29 is 14.4 Å². The normalized spacial score (nSPS) is 13.8. The molecule has 2 aromatic carbocycles. The Morgan fingerprint density at radius 1 is 0.960 bits per heavy atom. The zero-order valence-corrected chi connectivity index (χ0v) is 14.7. The Hall–Kier alpha value is -2.95. The van der Waals surface area contributed by atoms with Gasteiger partial charge in [0.05, 0.1) is 16.8 Å². The van der Waals surface area contributed by atoms with E-state index in [1.54, 1.807) is 42.5 Å². The highest BCUT2D eigenvalue weighted by atomic mass is 16.2. The van der Waals surface area contributed by atoms with E-state index in [2.05, 4.69) is 5.32 Å². The maximum absolute atomic E-state index is 12.6. The zero-order valence-electron chi connectivity index (χ0n) is 14.7. The number of carbonyl (C=O) groups is 3. The minimum absolute atomic E-state index is 0.130. The number of aryl methyl sites for hydroxylation is 1. The van der Waals surface area contributed by atoms with Crippen LogP contribution < -0.4 is 10.2 Å². The van der Waals surface area contributed by atoms with Crippen LogP contribution in [0.15, 0.2) is 42.5 Å². The molecule has 1 aliphatic heterocycles. The van der Waals surface area contributed by atoms with E-state index in [0.717, 1.165) is 10.5 Å². The molecule has 0 saturated heterocycles. The quantitative estimate of drug-likeness (QED) is 0.849. The summed E-state index contributed by atoms with van der Waals surface area (Å²) in [7, 11) is 0. The molecule has 5 nitrogen and oxygen atoms in total. The number of nitrogens with one attached hydrogen (secondary N) is 1. The molecule has 0 aromatic heterocycles. The van der Waals surface area contributed by atoms with Gasteiger partial charge in [-0.15, -0.1) is 0 Å². The first-order chi connectivity index (χ1) is 11.7. The van der Waals surface area contributed by atoms with Crippen LogP contribution in [0.5, 0.6) is 0 Å². The van der Waals surface area contributed by atoms with Gasteiger partial charge in [-0.3, -0.25) is 14.4 Å². The van der Waals surface area contributed by atoms with Crippen molar-refractivity contribution in [2.45, 2.75) is 27.7 Å². The van der Waals surface area contributed by atoms with Crippen LogP contribution in [0.4, 0.5) is 11.4 Å². The van der Waals surface area contributed by atoms with Crippen molar-refractivity contribution in [3.63, 3.8) is 0 Å². The monoisotopic (exact) mass is 336 g/mol. The minimum Gasteiger partial charge on any atom is -0.325 e. The van der Waals surface area contributed by atoms with Crippen molar-refractivity contribution in [2.75, 3.05) is 10.2 Å². The van der Waals surface area contributed by atoms with Gasteiger partial charge in [-0.25, -0.2) is 4.90 Å². The van der Waals surface area contributed by atoms with Gasteiger partial charge in [0.2, 0.25) is 5.91 Å². The fourth-order valence-corrected chi connectivity index (χ4v) is 2.62. The Morgan fingerprint density at radius 3 is 2.04 bits per heavy atom. The second-order valence-electron chi connectivity index (χ2n) is 7.19. The lowest BCUT2D eigenvalue weighted by Crippen LogP contribution is -2.30. The molecule has 0 saturated carbocycles. The summed E-state index contributed by atoms with van der Waals surface area (Å²) in [5, 5.41) is 2.88. The number of anilines is 2. The van der Waals surface area contributed by atoms with E-state index < -0.39 is 5.41 Å². The van der Waals surface area contributed by atoms with E-state index in [-0.39, 0.29) is 17.7 Å². The van der Waals surface area contributed by atoms with Crippen LogP contribution in [0.25, 0.3) is 0 Å². The number of hydrogen-bond acceptors (Lipinski definition) is 3. The number of carbonyl (C=O) groups excluding carboxylic acids is 3. The molecule has 3 rings (SSSR count). The summed E-state index contributed by atoms with van der Waals surface area (Å²) in [6.07, 6.45) is 0. The van der Waals surface area contributed by atoms with Crippen molar-refractivity contribution in [1.82, 2.24) is 0 Å². The SMILES string of the molecule is Cc1ccc(N2C(=O)c3ccccc3C2=O)cc1NC(=O)C(C)(C)C. The summed E-state index contributed by atoms with van der Waals surface area (Å²) in [6.45, 7) is 7.34. The second-order valence-corrected chi connectivity index (χ2v) is 7.19. The Morgan fingerprint density at radius 2 is 1.52 bits per heavy atom. The van der Waals surface area contributed by atoms with Crippen molar-refractivity contribution in [3.05, 3.63) is 59.2 Å². The first-order valence-electron chi connectivity index (χ1n) is 8.10. The third kappa shape index (κ3) is 2.93. The fraction of sp³-hybridized carbons (Fsp3) is 0.250.